The molecule has 41 heavy (non-hydrogen) atoms. The first-order valence-electron chi connectivity index (χ1n) is 14.9. The van der Waals surface area contributed by atoms with Crippen molar-refractivity contribution < 1.29 is 17.5 Å². The lowest BCUT2D eigenvalue weighted by atomic mass is 10.1. The summed E-state index contributed by atoms with van der Waals surface area (Å²) in [5, 5.41) is 0. The predicted molar refractivity (Wildman–Crippen MR) is 174 cm³/mol. The molecule has 0 fully saturated rings. The average molecular weight is 577 g/mol. The van der Waals surface area contributed by atoms with Gasteiger partial charge in [-0.25, -0.2) is 13.0 Å². The number of aryl methyl sites for hydroxylation is 1. The Kier molecular flexibility index (Phi) is 15.7. The summed E-state index contributed by atoms with van der Waals surface area (Å²) in [4.78, 5) is 2.51. The number of anilines is 1. The first kappa shape index (κ1) is 34.0. The summed E-state index contributed by atoms with van der Waals surface area (Å²) in [5.41, 5.74) is 5.94. The lowest BCUT2D eigenvalue weighted by Gasteiger charge is -2.24. The predicted octanol–water partition coefficient (Wildman–Crippen LogP) is 7.88. The Balaban J connectivity index is 1.83. The number of benzene rings is 1. The van der Waals surface area contributed by atoms with Crippen LogP contribution in [-0.2, 0) is 16.7 Å². The molecule has 222 valence electrons. The van der Waals surface area contributed by atoms with Crippen molar-refractivity contribution >= 4 is 28.0 Å². The number of hydrogen-bond donors (Lipinski definition) is 0. The zero-order valence-electron chi connectivity index (χ0n) is 25.3. The third kappa shape index (κ3) is 15.4. The van der Waals surface area contributed by atoms with E-state index < -0.39 is 10.1 Å². The molecule has 0 bridgehead atoms. The number of allylic oxidation sites excluding steroid dienone is 8. The quantitative estimate of drug-likeness (QED) is 0.0784. The Morgan fingerprint density at radius 1 is 0.780 bits per heavy atom. The van der Waals surface area contributed by atoms with Gasteiger partial charge in [-0.05, 0) is 56.4 Å². The van der Waals surface area contributed by atoms with Gasteiger partial charge in [0.05, 0.1) is 10.1 Å². The van der Waals surface area contributed by atoms with Gasteiger partial charge < -0.3 is 9.45 Å². The van der Waals surface area contributed by atoms with Crippen LogP contribution in [0.15, 0.2) is 96.4 Å². The first-order chi connectivity index (χ1) is 19.7. The highest BCUT2D eigenvalue weighted by Crippen LogP contribution is 2.18. The molecule has 0 aliphatic heterocycles. The minimum atomic E-state index is -4.12. The van der Waals surface area contributed by atoms with Gasteiger partial charge in [0, 0.05) is 43.1 Å². The van der Waals surface area contributed by atoms with Crippen molar-refractivity contribution in [3.05, 3.63) is 108 Å². The fourth-order valence-corrected chi connectivity index (χ4v) is 4.71. The topological polar surface area (TPSA) is 64.3 Å². The molecule has 0 unspecified atom stereocenters. The van der Waals surface area contributed by atoms with Crippen LogP contribution in [0.1, 0.15) is 77.3 Å². The minimum absolute atomic E-state index is 0.299. The van der Waals surface area contributed by atoms with Crippen LogP contribution in [0.5, 0.6) is 0 Å². The molecule has 5 nitrogen and oxygen atoms in total. The van der Waals surface area contributed by atoms with E-state index in [-0.39, 0.29) is 5.75 Å². The van der Waals surface area contributed by atoms with Gasteiger partial charge in [0.25, 0.3) is 0 Å². The second-order valence-electron chi connectivity index (χ2n) is 10.5. The smallest absolute Gasteiger partial charge is 0.169 e. The van der Waals surface area contributed by atoms with Crippen molar-refractivity contribution in [2.24, 2.45) is 0 Å². The van der Waals surface area contributed by atoms with Gasteiger partial charge >= 0.3 is 0 Å². The molecule has 0 saturated heterocycles. The van der Waals surface area contributed by atoms with Crippen LogP contribution in [0.25, 0.3) is 12.2 Å². The van der Waals surface area contributed by atoms with E-state index in [0.29, 0.717) is 19.4 Å². The van der Waals surface area contributed by atoms with E-state index in [0.717, 1.165) is 24.2 Å². The van der Waals surface area contributed by atoms with Gasteiger partial charge in [-0.1, -0.05) is 98.6 Å². The molecular weight excluding hydrogens is 528 g/mol. The number of aromatic nitrogens is 1. The molecule has 0 spiro atoms. The van der Waals surface area contributed by atoms with E-state index in [1.54, 1.807) is 0 Å². The highest BCUT2D eigenvalue weighted by atomic mass is 32.2. The number of rotatable bonds is 18. The monoisotopic (exact) mass is 576 g/mol. The number of nitrogens with zero attached hydrogens (tertiary/aromatic N) is 2. The van der Waals surface area contributed by atoms with Crippen LogP contribution in [0.2, 0.25) is 0 Å². The summed E-state index contributed by atoms with van der Waals surface area (Å²) >= 11 is 0. The van der Waals surface area contributed by atoms with Crippen molar-refractivity contribution in [1.82, 2.24) is 0 Å². The Morgan fingerprint density at radius 2 is 1.29 bits per heavy atom. The SMILES string of the molecule is CCCCN(CCCC)c1ccc(/C=C/C(C)=C/C=C/C=C(C)/C=C/c2cc[n+](CCCCS(=O)(=O)[O-])cc2)cc1. The molecule has 1 aromatic carbocycles. The molecular formula is C35H48N2O3S. The average Bonchev–Trinajstić information content (AvgIpc) is 2.96. The Morgan fingerprint density at radius 3 is 1.78 bits per heavy atom. The number of hydrogen-bond acceptors (Lipinski definition) is 4. The standard InChI is InChI=1S/C35H48N2O3S/c1-5-7-26-37(27-8-6-2)35-21-19-33(20-22-35)17-15-31(3)13-9-10-14-32(4)16-18-34-23-28-36(29-24-34)25-11-12-30-41(38,39)40/h9-10,13-24,28-29H,5-8,11-12,25-27,30H2,1-4H3. The van der Waals surface area contributed by atoms with Crippen molar-refractivity contribution in [3.63, 3.8) is 0 Å². The van der Waals surface area contributed by atoms with Gasteiger partial charge in [-0.15, -0.1) is 0 Å². The molecule has 0 aliphatic carbocycles. The van der Waals surface area contributed by atoms with E-state index in [9.17, 15) is 13.0 Å². The highest BCUT2D eigenvalue weighted by molar-refractivity contribution is 7.85. The normalized spacial score (nSPS) is 13.2. The molecule has 0 atom stereocenters. The fraction of sp³-hybridized carbons (Fsp3) is 0.400. The molecule has 2 rings (SSSR count). The fourth-order valence-electron chi connectivity index (χ4n) is 4.15. The van der Waals surface area contributed by atoms with Crippen molar-refractivity contribution in [1.29, 1.82) is 0 Å². The maximum atomic E-state index is 10.7. The Bertz CT molecular complexity index is 1280. The molecule has 0 saturated carbocycles. The van der Waals surface area contributed by atoms with Crippen LogP contribution in [0.4, 0.5) is 5.69 Å². The lowest BCUT2D eigenvalue weighted by molar-refractivity contribution is -0.697. The van der Waals surface area contributed by atoms with Crippen molar-refractivity contribution in [2.75, 3.05) is 23.7 Å². The lowest BCUT2D eigenvalue weighted by Crippen LogP contribution is -2.32. The first-order valence-corrected chi connectivity index (χ1v) is 16.4. The van der Waals surface area contributed by atoms with E-state index in [2.05, 4.69) is 99.4 Å². The summed E-state index contributed by atoms with van der Waals surface area (Å²) in [6, 6.07) is 12.9. The number of pyridine rings is 1. The van der Waals surface area contributed by atoms with Gasteiger partial charge in [0.2, 0.25) is 0 Å². The van der Waals surface area contributed by atoms with Crippen molar-refractivity contribution in [2.45, 2.75) is 72.8 Å². The molecule has 6 heteroatoms. The summed E-state index contributed by atoms with van der Waals surface area (Å²) < 4.78 is 34.0. The van der Waals surface area contributed by atoms with Crippen LogP contribution in [0, 0.1) is 0 Å². The summed E-state index contributed by atoms with van der Waals surface area (Å²) in [6.45, 7) is 11.6. The van der Waals surface area contributed by atoms with Crippen LogP contribution >= 0.6 is 0 Å². The van der Waals surface area contributed by atoms with Crippen molar-refractivity contribution in [3.8, 4) is 0 Å². The molecule has 2 aromatic rings. The molecule has 0 radical (unpaired) electrons. The second kappa shape index (κ2) is 19.0. The van der Waals surface area contributed by atoms with E-state index >= 15 is 0 Å². The minimum Gasteiger partial charge on any atom is -0.748 e. The van der Waals surface area contributed by atoms with Crippen LogP contribution in [0.3, 0.4) is 0 Å². The Labute approximate surface area is 249 Å². The Hall–Kier alpha value is -3.22. The van der Waals surface area contributed by atoms with Gasteiger partial charge in [-0.3, -0.25) is 0 Å². The largest absolute Gasteiger partial charge is 0.748 e. The summed E-state index contributed by atoms with van der Waals surface area (Å²) in [5.74, 6) is -0.299. The zero-order chi connectivity index (χ0) is 29.9. The highest BCUT2D eigenvalue weighted by Gasteiger charge is 2.05. The van der Waals surface area contributed by atoms with Crippen LogP contribution in [-0.4, -0.2) is 31.8 Å². The van der Waals surface area contributed by atoms with Gasteiger partial charge in [0.15, 0.2) is 12.4 Å². The summed E-state index contributed by atoms with van der Waals surface area (Å²) in [7, 11) is -4.12. The van der Waals surface area contributed by atoms with E-state index in [1.165, 1.54) is 42.5 Å². The van der Waals surface area contributed by atoms with Crippen LogP contribution < -0.4 is 9.47 Å². The van der Waals surface area contributed by atoms with Gasteiger partial charge in [-0.2, -0.15) is 0 Å². The summed E-state index contributed by atoms with van der Waals surface area (Å²) in [6.07, 6.45) is 26.6. The third-order valence-corrected chi connectivity index (χ3v) is 7.49. The molecule has 0 aliphatic rings. The van der Waals surface area contributed by atoms with E-state index in [4.69, 9.17) is 0 Å². The third-order valence-electron chi connectivity index (χ3n) is 6.71. The van der Waals surface area contributed by atoms with Gasteiger partial charge in [0.1, 0.15) is 6.54 Å². The molecule has 1 heterocycles. The second-order valence-corrected chi connectivity index (χ2v) is 12.0. The number of unbranched alkanes of at least 4 members (excludes halogenated alkanes) is 3. The molecule has 0 N–H and O–H groups in total. The molecule has 1 aromatic heterocycles. The van der Waals surface area contributed by atoms with E-state index in [1.807, 2.05) is 35.2 Å². The molecule has 0 amide bonds. The zero-order valence-corrected chi connectivity index (χ0v) is 26.2. The maximum absolute atomic E-state index is 10.7. The maximum Gasteiger partial charge on any atom is 0.169 e.